The molecular formula is C22H26N2O3. The Morgan fingerprint density at radius 2 is 1.85 bits per heavy atom. The van der Waals surface area contributed by atoms with Crippen molar-refractivity contribution >= 4 is 11.7 Å². The van der Waals surface area contributed by atoms with E-state index in [4.69, 9.17) is 9.47 Å². The van der Waals surface area contributed by atoms with Gasteiger partial charge in [-0.05, 0) is 43.0 Å². The van der Waals surface area contributed by atoms with Gasteiger partial charge in [0.1, 0.15) is 6.10 Å². The highest BCUT2D eigenvalue weighted by Gasteiger charge is 2.47. The molecule has 5 nitrogen and oxygen atoms in total. The number of hydrogen-bond donors (Lipinski definition) is 2. The first-order valence-electron chi connectivity index (χ1n) is 9.60. The molecule has 2 aromatic carbocycles. The first-order valence-corrected chi connectivity index (χ1v) is 9.60. The van der Waals surface area contributed by atoms with E-state index in [2.05, 4.69) is 34.9 Å². The van der Waals surface area contributed by atoms with Crippen LogP contribution in [0.4, 0.5) is 10.5 Å². The monoisotopic (exact) mass is 366 g/mol. The lowest BCUT2D eigenvalue weighted by Gasteiger charge is -2.18. The number of carbonyl (C=O) groups excluding carboxylic acids is 1. The maximum absolute atomic E-state index is 12.3. The van der Waals surface area contributed by atoms with Crippen molar-refractivity contribution in [3.05, 3.63) is 65.7 Å². The summed E-state index contributed by atoms with van der Waals surface area (Å²) in [5.41, 5.74) is 3.24. The van der Waals surface area contributed by atoms with Gasteiger partial charge in [0.2, 0.25) is 0 Å². The molecule has 2 amide bonds. The number of aryl methyl sites for hydroxylation is 2. The van der Waals surface area contributed by atoms with Gasteiger partial charge in [-0.25, -0.2) is 4.79 Å². The molecule has 5 heteroatoms. The summed E-state index contributed by atoms with van der Waals surface area (Å²) in [6.07, 6.45) is 2.06. The zero-order chi connectivity index (χ0) is 18.6. The molecule has 0 bridgehead atoms. The number of benzene rings is 2. The maximum atomic E-state index is 12.3. The van der Waals surface area contributed by atoms with E-state index in [1.807, 2.05) is 37.3 Å². The standard InChI is InChI=1S/C22H26N2O3/c1-15-6-5-9-18(12-15)23-22(25)24-19-14-27-20-17(13-26-21(19)20)11-10-16-7-3-2-4-8-16/h2-9,12,17,19-21H,10-11,13-14H2,1H3,(H2,23,24,25)/t17-,19+,20?,21?/m1/s1. The van der Waals surface area contributed by atoms with E-state index in [1.54, 1.807) is 0 Å². The normalized spacial score (nSPS) is 26.6. The summed E-state index contributed by atoms with van der Waals surface area (Å²) in [6, 6.07) is 17.9. The minimum absolute atomic E-state index is 0.0611. The third-order valence-electron chi connectivity index (χ3n) is 5.40. The van der Waals surface area contributed by atoms with Crippen LogP contribution in [-0.4, -0.2) is 37.5 Å². The first-order chi connectivity index (χ1) is 13.2. The number of hydrogen-bond acceptors (Lipinski definition) is 3. The van der Waals surface area contributed by atoms with E-state index in [9.17, 15) is 4.79 Å². The second kappa shape index (κ2) is 8.11. The smallest absolute Gasteiger partial charge is 0.319 e. The molecular weight excluding hydrogens is 340 g/mol. The van der Waals surface area contributed by atoms with Crippen molar-refractivity contribution in [3.8, 4) is 0 Å². The minimum atomic E-state index is -0.216. The lowest BCUT2D eigenvalue weighted by atomic mass is 9.93. The Kier molecular flexibility index (Phi) is 5.41. The molecule has 0 radical (unpaired) electrons. The van der Waals surface area contributed by atoms with Gasteiger partial charge in [0.25, 0.3) is 0 Å². The van der Waals surface area contributed by atoms with E-state index in [0.717, 1.165) is 24.1 Å². The van der Waals surface area contributed by atoms with Gasteiger partial charge in [0.05, 0.1) is 25.4 Å². The van der Waals surface area contributed by atoms with Gasteiger partial charge in [-0.2, -0.15) is 0 Å². The number of anilines is 1. The quantitative estimate of drug-likeness (QED) is 0.851. The highest BCUT2D eigenvalue weighted by Crippen LogP contribution is 2.33. The lowest BCUT2D eigenvalue weighted by Crippen LogP contribution is -2.45. The predicted molar refractivity (Wildman–Crippen MR) is 105 cm³/mol. The van der Waals surface area contributed by atoms with Crippen LogP contribution >= 0.6 is 0 Å². The summed E-state index contributed by atoms with van der Waals surface area (Å²) >= 11 is 0. The van der Waals surface area contributed by atoms with Gasteiger partial charge in [0.15, 0.2) is 0 Å². The largest absolute Gasteiger partial charge is 0.373 e. The number of rotatable bonds is 5. The SMILES string of the molecule is Cc1cccc(NC(=O)N[C@H]2COC3C2OC[C@H]3CCc2ccccc2)c1. The van der Waals surface area contributed by atoms with E-state index < -0.39 is 0 Å². The molecule has 27 heavy (non-hydrogen) atoms. The fourth-order valence-corrected chi connectivity index (χ4v) is 4.00. The molecule has 2 N–H and O–H groups in total. The van der Waals surface area contributed by atoms with Crippen molar-refractivity contribution in [1.82, 2.24) is 5.32 Å². The zero-order valence-corrected chi connectivity index (χ0v) is 15.6. The predicted octanol–water partition coefficient (Wildman–Crippen LogP) is 3.53. The molecule has 2 aliphatic heterocycles. The third kappa shape index (κ3) is 4.31. The highest BCUT2D eigenvalue weighted by atomic mass is 16.6. The molecule has 142 valence electrons. The summed E-state index contributed by atoms with van der Waals surface area (Å²) < 4.78 is 12.0. The fourth-order valence-electron chi connectivity index (χ4n) is 4.00. The molecule has 0 saturated carbocycles. The van der Waals surface area contributed by atoms with Gasteiger partial charge in [-0.15, -0.1) is 0 Å². The van der Waals surface area contributed by atoms with Crippen molar-refractivity contribution < 1.29 is 14.3 Å². The number of ether oxygens (including phenoxy) is 2. The van der Waals surface area contributed by atoms with Crippen LogP contribution in [0.5, 0.6) is 0 Å². The molecule has 4 atom stereocenters. The van der Waals surface area contributed by atoms with Crippen LogP contribution in [0.15, 0.2) is 54.6 Å². The third-order valence-corrected chi connectivity index (χ3v) is 5.40. The first kappa shape index (κ1) is 18.0. The number of urea groups is 1. The van der Waals surface area contributed by atoms with Gasteiger partial charge in [-0.1, -0.05) is 42.5 Å². The molecule has 0 spiro atoms. The Labute approximate surface area is 160 Å². The van der Waals surface area contributed by atoms with Crippen LogP contribution in [0.2, 0.25) is 0 Å². The maximum Gasteiger partial charge on any atom is 0.319 e. The average molecular weight is 366 g/mol. The van der Waals surface area contributed by atoms with E-state index in [0.29, 0.717) is 19.1 Å². The fraction of sp³-hybridized carbons (Fsp3) is 0.409. The molecule has 0 aromatic heterocycles. The topological polar surface area (TPSA) is 59.6 Å². The Morgan fingerprint density at radius 1 is 1.04 bits per heavy atom. The number of fused-ring (bicyclic) bond motifs is 1. The van der Waals surface area contributed by atoms with Gasteiger partial charge >= 0.3 is 6.03 Å². The number of amides is 2. The van der Waals surface area contributed by atoms with Crippen molar-refractivity contribution in [2.75, 3.05) is 18.5 Å². The molecule has 2 heterocycles. The summed E-state index contributed by atoms with van der Waals surface area (Å²) in [5.74, 6) is 0.377. The van der Waals surface area contributed by atoms with Gasteiger partial charge < -0.3 is 20.1 Å². The van der Waals surface area contributed by atoms with Crippen molar-refractivity contribution in [2.24, 2.45) is 5.92 Å². The van der Waals surface area contributed by atoms with Crippen LogP contribution in [0.3, 0.4) is 0 Å². The van der Waals surface area contributed by atoms with Crippen LogP contribution in [0.1, 0.15) is 17.5 Å². The van der Waals surface area contributed by atoms with Crippen LogP contribution in [-0.2, 0) is 15.9 Å². The number of nitrogens with one attached hydrogen (secondary N) is 2. The summed E-state index contributed by atoms with van der Waals surface area (Å²) in [4.78, 5) is 12.3. The van der Waals surface area contributed by atoms with Crippen LogP contribution < -0.4 is 10.6 Å². The Hall–Kier alpha value is -2.37. The lowest BCUT2D eigenvalue weighted by molar-refractivity contribution is 0.0615. The van der Waals surface area contributed by atoms with Gasteiger partial charge in [0, 0.05) is 11.6 Å². The molecule has 0 aliphatic carbocycles. The average Bonchev–Trinajstić information content (AvgIpc) is 3.24. The molecule has 4 rings (SSSR count). The Morgan fingerprint density at radius 3 is 2.67 bits per heavy atom. The second-order valence-electron chi connectivity index (χ2n) is 7.45. The summed E-state index contributed by atoms with van der Waals surface area (Å²) in [7, 11) is 0. The van der Waals surface area contributed by atoms with E-state index in [-0.39, 0.29) is 24.3 Å². The Balaban J connectivity index is 1.29. The minimum Gasteiger partial charge on any atom is -0.373 e. The number of carbonyl (C=O) groups is 1. The molecule has 2 aliphatic rings. The summed E-state index contributed by atoms with van der Waals surface area (Å²) in [6.45, 7) is 3.19. The van der Waals surface area contributed by atoms with Crippen LogP contribution in [0, 0.1) is 12.8 Å². The molecule has 2 unspecified atom stereocenters. The second-order valence-corrected chi connectivity index (χ2v) is 7.45. The van der Waals surface area contributed by atoms with Crippen molar-refractivity contribution in [3.63, 3.8) is 0 Å². The van der Waals surface area contributed by atoms with Gasteiger partial charge in [-0.3, -0.25) is 0 Å². The van der Waals surface area contributed by atoms with E-state index in [1.165, 1.54) is 5.56 Å². The Bertz CT molecular complexity index is 780. The van der Waals surface area contributed by atoms with Crippen LogP contribution in [0.25, 0.3) is 0 Å². The zero-order valence-electron chi connectivity index (χ0n) is 15.6. The highest BCUT2D eigenvalue weighted by molar-refractivity contribution is 5.89. The van der Waals surface area contributed by atoms with Crippen molar-refractivity contribution in [2.45, 2.75) is 38.0 Å². The summed E-state index contributed by atoms with van der Waals surface area (Å²) in [5, 5.41) is 5.90. The van der Waals surface area contributed by atoms with E-state index >= 15 is 0 Å². The molecule has 2 saturated heterocycles. The molecule has 2 aromatic rings. The molecule has 2 fully saturated rings. The van der Waals surface area contributed by atoms with Crippen molar-refractivity contribution in [1.29, 1.82) is 0 Å².